The third kappa shape index (κ3) is 8.20. The van der Waals surface area contributed by atoms with E-state index < -0.39 is 18.1 Å². The monoisotopic (exact) mass is 804 g/mol. The molecule has 2 aromatic carbocycles. The fourth-order valence-corrected chi connectivity index (χ4v) is 8.98. The van der Waals surface area contributed by atoms with Gasteiger partial charge in [0.05, 0.1) is 33.9 Å². The molecule has 58 heavy (non-hydrogen) atoms. The van der Waals surface area contributed by atoms with Crippen LogP contribution in [0.25, 0.3) is 32.7 Å². The number of nitrogens with zero attached hydrogens (tertiary/aromatic N) is 6. The van der Waals surface area contributed by atoms with Crippen molar-refractivity contribution in [2.45, 2.75) is 70.6 Å². The number of hydrogen-bond acceptors (Lipinski definition) is 12. The number of β-amino-alcohol motifs (C(OH)–C–C–N with tert-alkyl or cyclic N) is 1. The Kier molecular flexibility index (Phi) is 11.3. The van der Waals surface area contributed by atoms with Crippen LogP contribution in [0.3, 0.4) is 0 Å². The highest BCUT2D eigenvalue weighted by Crippen LogP contribution is 2.35. The molecule has 0 spiro atoms. The third-order valence-corrected chi connectivity index (χ3v) is 12.3. The van der Waals surface area contributed by atoms with Crippen LogP contribution in [0, 0.1) is 12.8 Å². The van der Waals surface area contributed by atoms with Crippen molar-refractivity contribution in [1.29, 1.82) is 0 Å². The van der Waals surface area contributed by atoms with E-state index in [4.69, 9.17) is 9.26 Å². The van der Waals surface area contributed by atoms with Gasteiger partial charge in [-0.15, -0.1) is 21.5 Å². The van der Waals surface area contributed by atoms with E-state index in [1.54, 1.807) is 29.5 Å². The Morgan fingerprint density at radius 1 is 1.07 bits per heavy atom. The van der Waals surface area contributed by atoms with Crippen LogP contribution in [-0.4, -0.2) is 102 Å². The summed E-state index contributed by atoms with van der Waals surface area (Å²) in [7, 11) is 0. The Morgan fingerprint density at radius 2 is 1.88 bits per heavy atom. The summed E-state index contributed by atoms with van der Waals surface area (Å²) in [6, 6.07) is 19.7. The molecule has 15 heteroatoms. The molecule has 2 amide bonds. The average molecular weight is 805 g/mol. The van der Waals surface area contributed by atoms with Crippen molar-refractivity contribution in [3.8, 4) is 33.3 Å². The second-order valence-corrected chi connectivity index (χ2v) is 16.6. The molecule has 302 valence electrons. The number of aryl methyl sites for hydroxylation is 1. The molecule has 14 nitrogen and oxygen atoms in total. The summed E-state index contributed by atoms with van der Waals surface area (Å²) in [5.74, 6) is -0.405. The van der Waals surface area contributed by atoms with Gasteiger partial charge in [0.25, 0.3) is 5.88 Å². The summed E-state index contributed by atoms with van der Waals surface area (Å²) in [5, 5.41) is 37.8. The largest absolute Gasteiger partial charge is 0.507 e. The van der Waals surface area contributed by atoms with Gasteiger partial charge in [0.2, 0.25) is 11.8 Å². The lowest BCUT2D eigenvalue weighted by molar-refractivity contribution is -0.141. The van der Waals surface area contributed by atoms with Crippen LogP contribution < -0.4 is 10.1 Å². The maximum absolute atomic E-state index is 14.2. The van der Waals surface area contributed by atoms with E-state index in [9.17, 15) is 19.8 Å². The quantitative estimate of drug-likeness (QED) is 0.104. The first-order chi connectivity index (χ1) is 28.0. The lowest BCUT2D eigenvalue weighted by Crippen LogP contribution is -2.48. The second kappa shape index (κ2) is 16.7. The van der Waals surface area contributed by atoms with E-state index in [1.807, 2.05) is 75.7 Å². The number of rotatable bonds is 13. The van der Waals surface area contributed by atoms with Gasteiger partial charge in [-0.2, -0.15) is 0 Å². The van der Waals surface area contributed by atoms with Crippen LogP contribution in [0.5, 0.6) is 11.6 Å². The Balaban J connectivity index is 0.850. The number of carbonyl (C=O) groups is 2. The molecule has 0 aliphatic carbocycles. The molecule has 1 unspecified atom stereocenters. The van der Waals surface area contributed by atoms with E-state index in [1.165, 1.54) is 4.90 Å². The number of H-pyrrole nitrogens is 1. The predicted molar refractivity (Wildman–Crippen MR) is 219 cm³/mol. The number of aromatic hydroxyl groups is 1. The number of nitrogens with one attached hydrogen (secondary N) is 2. The number of benzene rings is 2. The number of para-hydroxylation sites is 1. The number of aliphatic hydroxyl groups excluding tert-OH is 1. The topological polar surface area (TPSA) is 183 Å². The number of ether oxygens (including phenoxy) is 1. The van der Waals surface area contributed by atoms with E-state index in [0.29, 0.717) is 47.6 Å². The van der Waals surface area contributed by atoms with Crippen molar-refractivity contribution in [3.05, 3.63) is 95.0 Å². The molecule has 2 fully saturated rings. The molecule has 2 saturated heterocycles. The van der Waals surface area contributed by atoms with Gasteiger partial charge in [-0.1, -0.05) is 50.2 Å². The van der Waals surface area contributed by atoms with Crippen molar-refractivity contribution < 1.29 is 29.1 Å². The normalized spacial score (nSPS) is 19.6. The Morgan fingerprint density at radius 3 is 2.64 bits per heavy atom. The van der Waals surface area contributed by atoms with Crippen LogP contribution in [0.15, 0.2) is 76.8 Å². The van der Waals surface area contributed by atoms with E-state index in [0.717, 1.165) is 52.3 Å². The molecule has 6 heterocycles. The number of fused-ring (bicyclic) bond motifs is 1. The number of aromatic nitrogens is 5. The molecule has 2 aliphatic rings. The van der Waals surface area contributed by atoms with E-state index in [2.05, 4.69) is 41.6 Å². The Hall–Kier alpha value is -5.64. The van der Waals surface area contributed by atoms with Crippen LogP contribution in [-0.2, 0) is 9.59 Å². The number of carbonyl (C=O) groups excluding carboxylic acids is 2. The van der Waals surface area contributed by atoms with Gasteiger partial charge in [0.15, 0.2) is 11.4 Å². The predicted octanol–water partition coefficient (Wildman–Crippen LogP) is 6.20. The Labute approximate surface area is 340 Å². The lowest BCUT2D eigenvalue weighted by Gasteiger charge is -2.29. The van der Waals surface area contributed by atoms with Crippen molar-refractivity contribution in [1.82, 2.24) is 40.4 Å². The molecule has 5 atom stereocenters. The maximum Gasteiger partial charge on any atom is 0.254 e. The van der Waals surface area contributed by atoms with E-state index in [-0.39, 0.29) is 42.5 Å². The zero-order valence-corrected chi connectivity index (χ0v) is 33.8. The minimum atomic E-state index is -0.827. The Bertz CT molecular complexity index is 2390. The van der Waals surface area contributed by atoms with Gasteiger partial charge >= 0.3 is 0 Å². The van der Waals surface area contributed by atoms with Crippen molar-refractivity contribution in [3.63, 3.8) is 0 Å². The van der Waals surface area contributed by atoms with Gasteiger partial charge < -0.3 is 34.7 Å². The second-order valence-electron chi connectivity index (χ2n) is 15.7. The summed E-state index contributed by atoms with van der Waals surface area (Å²) in [4.78, 5) is 40.5. The number of amides is 2. The maximum atomic E-state index is 14.2. The van der Waals surface area contributed by atoms with Crippen molar-refractivity contribution in [2.24, 2.45) is 5.92 Å². The van der Waals surface area contributed by atoms with Gasteiger partial charge in [-0.3, -0.25) is 14.5 Å². The molecule has 0 radical (unpaired) electrons. The fourth-order valence-electron chi connectivity index (χ4n) is 8.17. The SMILES string of the molecule is Cc1ncsc1-c1ccc([C@H](C)NC(=O)[C@@H]2C[C@@H](O)CN2C(=O)[C@@H](c2cc(OCCN3CCC(c4cc5cc(-c6ccccc6O)nnc5[nH]4)C3)no2)C(C)C)cc1. The summed E-state index contributed by atoms with van der Waals surface area (Å²) >= 11 is 1.59. The first-order valence-electron chi connectivity index (χ1n) is 19.8. The van der Waals surface area contributed by atoms with Gasteiger partial charge in [0, 0.05) is 54.7 Å². The summed E-state index contributed by atoms with van der Waals surface area (Å²) in [5.41, 5.74) is 7.88. The molecule has 4 N–H and O–H groups in total. The molecular formula is C43H48N8O6S. The lowest BCUT2D eigenvalue weighted by atomic mass is 9.91. The average Bonchev–Trinajstić information content (AvgIpc) is 4.06. The first-order valence-corrected chi connectivity index (χ1v) is 20.7. The number of hydrogen-bond donors (Lipinski definition) is 4. The third-order valence-electron chi connectivity index (χ3n) is 11.3. The number of aliphatic hydroxyl groups is 1. The van der Waals surface area contributed by atoms with Crippen LogP contribution in [0.1, 0.15) is 74.2 Å². The molecule has 2 aliphatic heterocycles. The summed E-state index contributed by atoms with van der Waals surface area (Å²) < 4.78 is 11.7. The number of thiazole rings is 1. The number of phenols is 1. The highest BCUT2D eigenvalue weighted by molar-refractivity contribution is 7.13. The highest BCUT2D eigenvalue weighted by atomic mass is 32.1. The van der Waals surface area contributed by atoms with Gasteiger partial charge in [0.1, 0.15) is 24.3 Å². The number of phenolic OH excluding ortho intramolecular Hbond substituents is 1. The minimum absolute atomic E-state index is 0.0525. The highest BCUT2D eigenvalue weighted by Gasteiger charge is 2.43. The summed E-state index contributed by atoms with van der Waals surface area (Å²) in [6.45, 7) is 10.6. The molecule has 0 saturated carbocycles. The molecule has 0 bridgehead atoms. The zero-order valence-electron chi connectivity index (χ0n) is 33.0. The minimum Gasteiger partial charge on any atom is -0.507 e. The first kappa shape index (κ1) is 39.2. The molecular weight excluding hydrogens is 757 g/mol. The number of aromatic amines is 1. The van der Waals surface area contributed by atoms with Crippen LogP contribution >= 0.6 is 11.3 Å². The smallest absolute Gasteiger partial charge is 0.254 e. The molecule has 8 rings (SSSR count). The van der Waals surface area contributed by atoms with Crippen LogP contribution in [0.2, 0.25) is 0 Å². The molecule has 6 aromatic rings. The van der Waals surface area contributed by atoms with Crippen molar-refractivity contribution >= 4 is 34.2 Å². The molecule has 4 aromatic heterocycles. The standard InChI is InChI=1S/C43H48N8O6S/c1-24(2)39(43(55)51-22-31(52)19-35(51)42(54)45-25(3)27-9-11-28(12-10-27)40-26(4)44-23-58-40)37-20-38(49-57-37)56-16-15-50-14-13-29(21-50)33-17-30-18-34(47-48-41(30)46-33)32-7-5-6-8-36(32)53/h5-12,17-18,20,23-25,29,31,35,39,52-53H,13-16,19,21-22H2,1-4H3,(H,45,54)(H,46,48)/t25-,29?,31+,35-,39+/m0/s1. The van der Waals surface area contributed by atoms with Gasteiger partial charge in [-0.25, -0.2) is 4.98 Å². The number of likely N-dealkylation sites (tertiary alicyclic amines) is 2. The van der Waals surface area contributed by atoms with Crippen LogP contribution in [0.4, 0.5) is 0 Å². The fraction of sp³-hybridized carbons (Fsp3) is 0.395. The van der Waals surface area contributed by atoms with Crippen molar-refractivity contribution in [2.75, 3.05) is 32.8 Å². The summed E-state index contributed by atoms with van der Waals surface area (Å²) in [6.07, 6.45) is 0.301. The van der Waals surface area contributed by atoms with E-state index >= 15 is 0 Å². The van der Waals surface area contributed by atoms with Gasteiger partial charge in [-0.05, 0) is 73.3 Å². The zero-order chi connectivity index (χ0) is 40.5.